The third kappa shape index (κ3) is 2.27. The minimum atomic E-state index is 0.763. The van der Waals surface area contributed by atoms with Crippen molar-refractivity contribution in [1.82, 2.24) is 10.3 Å². The van der Waals surface area contributed by atoms with Crippen molar-refractivity contribution in [2.45, 2.75) is 20.4 Å². The van der Waals surface area contributed by atoms with Gasteiger partial charge in [0.25, 0.3) is 0 Å². The molecule has 0 radical (unpaired) electrons. The molecule has 0 saturated heterocycles. The number of aromatic nitrogens is 1. The van der Waals surface area contributed by atoms with Gasteiger partial charge in [-0.3, -0.25) is 0 Å². The van der Waals surface area contributed by atoms with Gasteiger partial charge in [0.1, 0.15) is 5.69 Å². The Morgan fingerprint density at radius 3 is 3.00 bits per heavy atom. The molecule has 2 heterocycles. The van der Waals surface area contributed by atoms with Crippen LogP contribution in [0, 0.1) is 6.92 Å². The van der Waals surface area contributed by atoms with Crippen LogP contribution in [-0.4, -0.2) is 11.5 Å². The van der Waals surface area contributed by atoms with Gasteiger partial charge in [-0.25, -0.2) is 4.98 Å². The lowest BCUT2D eigenvalue weighted by Gasteiger charge is -1.99. The van der Waals surface area contributed by atoms with Crippen LogP contribution in [0.2, 0.25) is 0 Å². The van der Waals surface area contributed by atoms with Gasteiger partial charge in [0.15, 0.2) is 12.2 Å². The number of thiophene rings is 1. The quantitative estimate of drug-likeness (QED) is 0.864. The first-order valence-electron chi connectivity index (χ1n) is 5.01. The fraction of sp³-hybridized carbons (Fsp3) is 0.364. The second-order valence-electron chi connectivity index (χ2n) is 3.32. The highest BCUT2D eigenvalue weighted by atomic mass is 32.1. The van der Waals surface area contributed by atoms with Gasteiger partial charge in [-0.05, 0) is 25.6 Å². The highest BCUT2D eigenvalue weighted by molar-refractivity contribution is 7.15. The second kappa shape index (κ2) is 4.59. The van der Waals surface area contributed by atoms with Crippen LogP contribution in [0.3, 0.4) is 0 Å². The minimum absolute atomic E-state index is 0.763. The average molecular weight is 222 g/mol. The Bertz CT molecular complexity index is 433. The first-order chi connectivity index (χ1) is 7.31. The topological polar surface area (TPSA) is 38.1 Å². The first-order valence-corrected chi connectivity index (χ1v) is 5.82. The van der Waals surface area contributed by atoms with Gasteiger partial charge >= 0.3 is 0 Å². The summed E-state index contributed by atoms with van der Waals surface area (Å²) in [7, 11) is 0. The Labute approximate surface area is 93.2 Å². The number of hydrogen-bond donors (Lipinski definition) is 1. The molecule has 3 nitrogen and oxygen atoms in total. The van der Waals surface area contributed by atoms with Crippen molar-refractivity contribution >= 4 is 11.3 Å². The maximum atomic E-state index is 5.42. The van der Waals surface area contributed by atoms with E-state index in [-0.39, 0.29) is 0 Å². The Hall–Kier alpha value is -1.13. The Morgan fingerprint density at radius 1 is 1.47 bits per heavy atom. The lowest BCUT2D eigenvalue weighted by Crippen LogP contribution is -2.12. The monoisotopic (exact) mass is 222 g/mol. The van der Waals surface area contributed by atoms with Crippen molar-refractivity contribution < 1.29 is 4.42 Å². The summed E-state index contributed by atoms with van der Waals surface area (Å²) in [5.41, 5.74) is 0.985. The zero-order valence-electron chi connectivity index (χ0n) is 8.91. The summed E-state index contributed by atoms with van der Waals surface area (Å²) in [6, 6.07) is 4.18. The molecule has 0 aliphatic rings. The van der Waals surface area contributed by atoms with Crippen LogP contribution >= 0.6 is 11.3 Å². The van der Waals surface area contributed by atoms with Gasteiger partial charge in [0.2, 0.25) is 0 Å². The van der Waals surface area contributed by atoms with Crippen molar-refractivity contribution in [3.63, 3.8) is 0 Å². The van der Waals surface area contributed by atoms with E-state index in [1.165, 1.54) is 11.3 Å². The number of nitrogens with one attached hydrogen (secondary N) is 1. The number of oxazole rings is 1. The van der Waals surface area contributed by atoms with Crippen molar-refractivity contribution in [2.75, 3.05) is 6.54 Å². The van der Waals surface area contributed by atoms with E-state index in [1.54, 1.807) is 11.3 Å². The summed E-state index contributed by atoms with van der Waals surface area (Å²) < 4.78 is 5.42. The van der Waals surface area contributed by atoms with Crippen LogP contribution in [0.15, 0.2) is 22.9 Å². The molecule has 80 valence electrons. The first kappa shape index (κ1) is 10.4. The van der Waals surface area contributed by atoms with E-state index in [4.69, 9.17) is 4.42 Å². The van der Waals surface area contributed by atoms with E-state index < -0.39 is 0 Å². The third-order valence-corrected chi connectivity index (χ3v) is 3.15. The standard InChI is InChI=1S/C11H14N2OS/c1-3-12-6-9-11(14-7-13-9)10-5-4-8(2)15-10/h4-5,7,12H,3,6H2,1-2H3. The number of nitrogens with zero attached hydrogens (tertiary/aromatic N) is 1. The summed E-state index contributed by atoms with van der Waals surface area (Å²) in [6.07, 6.45) is 1.51. The van der Waals surface area contributed by atoms with E-state index in [9.17, 15) is 0 Å². The summed E-state index contributed by atoms with van der Waals surface area (Å²) in [4.78, 5) is 6.66. The van der Waals surface area contributed by atoms with Gasteiger partial charge in [-0.15, -0.1) is 11.3 Å². The molecule has 0 atom stereocenters. The molecule has 0 fully saturated rings. The van der Waals surface area contributed by atoms with Gasteiger partial charge in [0.05, 0.1) is 4.88 Å². The average Bonchev–Trinajstić information content (AvgIpc) is 2.82. The highest BCUT2D eigenvalue weighted by Gasteiger charge is 2.11. The fourth-order valence-electron chi connectivity index (χ4n) is 1.40. The lowest BCUT2D eigenvalue weighted by atomic mass is 10.3. The Morgan fingerprint density at radius 2 is 2.33 bits per heavy atom. The zero-order chi connectivity index (χ0) is 10.7. The molecule has 0 spiro atoms. The van der Waals surface area contributed by atoms with Crippen LogP contribution in [0.4, 0.5) is 0 Å². The van der Waals surface area contributed by atoms with Gasteiger partial charge < -0.3 is 9.73 Å². The minimum Gasteiger partial charge on any atom is -0.442 e. The molecule has 0 aliphatic carbocycles. The number of hydrogen-bond acceptors (Lipinski definition) is 4. The van der Waals surface area contributed by atoms with Crippen LogP contribution in [0.1, 0.15) is 17.5 Å². The van der Waals surface area contributed by atoms with Crippen molar-refractivity contribution in [2.24, 2.45) is 0 Å². The largest absolute Gasteiger partial charge is 0.442 e. The fourth-order valence-corrected chi connectivity index (χ4v) is 2.27. The molecular formula is C11H14N2OS. The number of rotatable bonds is 4. The third-order valence-electron chi connectivity index (χ3n) is 2.15. The predicted octanol–water partition coefficient (Wildman–Crippen LogP) is 2.82. The predicted molar refractivity (Wildman–Crippen MR) is 61.9 cm³/mol. The molecule has 2 aromatic rings. The molecule has 2 aromatic heterocycles. The van der Waals surface area contributed by atoms with Crippen molar-refractivity contribution in [3.05, 3.63) is 29.1 Å². The van der Waals surface area contributed by atoms with Crippen LogP contribution in [0.5, 0.6) is 0 Å². The van der Waals surface area contributed by atoms with Gasteiger partial charge in [0, 0.05) is 11.4 Å². The van der Waals surface area contributed by atoms with Gasteiger partial charge in [-0.2, -0.15) is 0 Å². The molecular weight excluding hydrogens is 208 g/mol. The van der Waals surface area contributed by atoms with E-state index in [0.29, 0.717) is 0 Å². The number of aryl methyl sites for hydroxylation is 1. The van der Waals surface area contributed by atoms with E-state index in [1.807, 2.05) is 0 Å². The SMILES string of the molecule is CCNCc1ncoc1-c1ccc(C)s1. The summed E-state index contributed by atoms with van der Waals surface area (Å²) in [6.45, 7) is 5.87. The molecule has 0 aliphatic heterocycles. The zero-order valence-corrected chi connectivity index (χ0v) is 9.73. The summed E-state index contributed by atoms with van der Waals surface area (Å²) in [5, 5.41) is 3.25. The van der Waals surface area contributed by atoms with Crippen molar-refractivity contribution in [3.8, 4) is 10.6 Å². The maximum absolute atomic E-state index is 5.42. The maximum Gasteiger partial charge on any atom is 0.181 e. The van der Waals surface area contributed by atoms with Crippen LogP contribution in [-0.2, 0) is 6.54 Å². The van der Waals surface area contributed by atoms with Gasteiger partial charge in [-0.1, -0.05) is 6.92 Å². The van der Waals surface area contributed by atoms with Crippen LogP contribution < -0.4 is 5.32 Å². The van der Waals surface area contributed by atoms with Crippen molar-refractivity contribution in [1.29, 1.82) is 0 Å². The Kier molecular flexibility index (Phi) is 3.18. The summed E-state index contributed by atoms with van der Waals surface area (Å²) in [5.74, 6) is 0.897. The highest BCUT2D eigenvalue weighted by Crippen LogP contribution is 2.29. The molecule has 0 saturated carbocycles. The summed E-state index contributed by atoms with van der Waals surface area (Å²) >= 11 is 1.73. The van der Waals surface area contributed by atoms with E-state index in [2.05, 4.69) is 36.3 Å². The molecule has 0 bridgehead atoms. The molecule has 0 amide bonds. The molecule has 4 heteroatoms. The van der Waals surface area contributed by atoms with E-state index in [0.717, 1.165) is 29.4 Å². The normalized spacial score (nSPS) is 10.8. The Balaban J connectivity index is 2.24. The molecule has 0 unspecified atom stereocenters. The molecule has 0 aromatic carbocycles. The van der Waals surface area contributed by atoms with E-state index >= 15 is 0 Å². The molecule has 15 heavy (non-hydrogen) atoms. The smallest absolute Gasteiger partial charge is 0.181 e. The lowest BCUT2D eigenvalue weighted by molar-refractivity contribution is 0.571. The second-order valence-corrected chi connectivity index (χ2v) is 4.61. The van der Waals surface area contributed by atoms with Crippen LogP contribution in [0.25, 0.3) is 10.6 Å². The molecule has 1 N–H and O–H groups in total. The molecule has 2 rings (SSSR count).